The standard InChI is InChI=1S/C14H16OS/c1-3-6-12(15)10(2)14-9-11-7-4-5-8-13(11)16-14/h4-5,7-10H,3,6H2,1-2H3. The Labute approximate surface area is 100 Å². The molecule has 1 unspecified atom stereocenters. The molecule has 0 saturated carbocycles. The molecule has 1 aromatic heterocycles. The molecule has 2 rings (SSSR count). The fourth-order valence-corrected chi connectivity index (χ4v) is 2.98. The van der Waals surface area contributed by atoms with Gasteiger partial charge in [0.15, 0.2) is 0 Å². The zero-order valence-electron chi connectivity index (χ0n) is 9.69. The highest BCUT2D eigenvalue weighted by Crippen LogP contribution is 2.31. The van der Waals surface area contributed by atoms with Gasteiger partial charge in [-0.15, -0.1) is 11.3 Å². The Bertz CT molecular complexity index is 465. The van der Waals surface area contributed by atoms with Gasteiger partial charge in [0.25, 0.3) is 0 Å². The summed E-state index contributed by atoms with van der Waals surface area (Å²) < 4.78 is 1.27. The van der Waals surface area contributed by atoms with Crippen LogP contribution >= 0.6 is 11.3 Å². The predicted octanol–water partition coefficient (Wildman–Crippen LogP) is 4.37. The lowest BCUT2D eigenvalue weighted by Gasteiger charge is -2.06. The van der Waals surface area contributed by atoms with Crippen molar-refractivity contribution >= 4 is 27.2 Å². The van der Waals surface area contributed by atoms with Gasteiger partial charge in [-0.05, 0) is 23.9 Å². The number of benzene rings is 1. The van der Waals surface area contributed by atoms with Crippen molar-refractivity contribution in [3.05, 3.63) is 35.2 Å². The Morgan fingerprint density at radius 3 is 2.81 bits per heavy atom. The van der Waals surface area contributed by atoms with E-state index in [9.17, 15) is 4.79 Å². The molecule has 0 fully saturated rings. The molecular formula is C14H16OS. The first-order chi connectivity index (χ1) is 7.72. The van der Waals surface area contributed by atoms with Crippen molar-refractivity contribution in [2.75, 3.05) is 0 Å². The lowest BCUT2D eigenvalue weighted by atomic mass is 10.0. The maximum Gasteiger partial charge on any atom is 0.140 e. The van der Waals surface area contributed by atoms with Crippen LogP contribution in [0.15, 0.2) is 30.3 Å². The summed E-state index contributed by atoms with van der Waals surface area (Å²) in [5.41, 5.74) is 0. The van der Waals surface area contributed by atoms with E-state index in [0.29, 0.717) is 12.2 Å². The average Bonchev–Trinajstić information content (AvgIpc) is 2.71. The second kappa shape index (κ2) is 4.79. The minimum atomic E-state index is 0.0531. The molecule has 84 valence electrons. The van der Waals surface area contributed by atoms with E-state index in [0.717, 1.165) is 6.42 Å². The van der Waals surface area contributed by atoms with Crippen molar-refractivity contribution < 1.29 is 4.79 Å². The molecule has 2 aromatic rings. The van der Waals surface area contributed by atoms with E-state index in [1.165, 1.54) is 15.0 Å². The lowest BCUT2D eigenvalue weighted by molar-refractivity contribution is -0.120. The van der Waals surface area contributed by atoms with Crippen LogP contribution in [0.2, 0.25) is 0 Å². The van der Waals surface area contributed by atoms with Gasteiger partial charge >= 0.3 is 0 Å². The van der Waals surface area contributed by atoms with E-state index in [-0.39, 0.29) is 5.92 Å². The van der Waals surface area contributed by atoms with Crippen LogP contribution in [0.25, 0.3) is 10.1 Å². The topological polar surface area (TPSA) is 17.1 Å². The number of Topliss-reactive ketones (excluding diaryl/α,β-unsaturated/α-hetero) is 1. The molecule has 1 aromatic carbocycles. The summed E-state index contributed by atoms with van der Waals surface area (Å²) in [7, 11) is 0. The third-order valence-electron chi connectivity index (χ3n) is 2.85. The Hall–Kier alpha value is -1.15. The van der Waals surface area contributed by atoms with Crippen molar-refractivity contribution in [3.63, 3.8) is 0 Å². The first-order valence-corrected chi connectivity index (χ1v) is 6.55. The van der Waals surface area contributed by atoms with Crippen LogP contribution in [0.1, 0.15) is 37.5 Å². The fourth-order valence-electron chi connectivity index (χ4n) is 1.84. The molecule has 0 bridgehead atoms. The Morgan fingerprint density at radius 2 is 2.12 bits per heavy atom. The Balaban J connectivity index is 2.29. The zero-order chi connectivity index (χ0) is 11.5. The van der Waals surface area contributed by atoms with E-state index in [4.69, 9.17) is 0 Å². The van der Waals surface area contributed by atoms with Crippen molar-refractivity contribution in [1.82, 2.24) is 0 Å². The summed E-state index contributed by atoms with van der Waals surface area (Å²) >= 11 is 1.74. The highest BCUT2D eigenvalue weighted by atomic mass is 32.1. The Kier molecular flexibility index (Phi) is 3.39. The van der Waals surface area contributed by atoms with Crippen molar-refractivity contribution in [2.24, 2.45) is 0 Å². The van der Waals surface area contributed by atoms with Gasteiger partial charge < -0.3 is 0 Å². The average molecular weight is 232 g/mol. The van der Waals surface area contributed by atoms with Crippen LogP contribution in [0.3, 0.4) is 0 Å². The predicted molar refractivity (Wildman–Crippen MR) is 70.2 cm³/mol. The second-order valence-electron chi connectivity index (χ2n) is 4.12. The van der Waals surface area contributed by atoms with Crippen molar-refractivity contribution in [1.29, 1.82) is 0 Å². The number of thiophene rings is 1. The quantitative estimate of drug-likeness (QED) is 0.764. The molecule has 0 radical (unpaired) electrons. The molecule has 0 amide bonds. The molecular weight excluding hydrogens is 216 g/mol. The molecule has 0 saturated heterocycles. The summed E-state index contributed by atoms with van der Waals surface area (Å²) in [5.74, 6) is 0.409. The molecule has 1 nitrogen and oxygen atoms in total. The molecule has 2 heteroatoms. The van der Waals surface area contributed by atoms with Crippen LogP contribution in [0, 0.1) is 0 Å². The van der Waals surface area contributed by atoms with Gasteiger partial charge in [0, 0.05) is 21.9 Å². The summed E-state index contributed by atoms with van der Waals surface area (Å²) in [6, 6.07) is 10.4. The summed E-state index contributed by atoms with van der Waals surface area (Å²) in [6.45, 7) is 4.07. The van der Waals surface area contributed by atoms with Gasteiger partial charge in [0.1, 0.15) is 5.78 Å². The van der Waals surface area contributed by atoms with Gasteiger partial charge in [0.05, 0.1) is 0 Å². The van der Waals surface area contributed by atoms with Crippen LogP contribution in [-0.2, 0) is 4.79 Å². The molecule has 0 aliphatic carbocycles. The van der Waals surface area contributed by atoms with E-state index in [1.807, 2.05) is 19.1 Å². The van der Waals surface area contributed by atoms with Gasteiger partial charge in [-0.2, -0.15) is 0 Å². The van der Waals surface area contributed by atoms with Crippen LogP contribution in [-0.4, -0.2) is 5.78 Å². The van der Waals surface area contributed by atoms with Crippen LogP contribution in [0.5, 0.6) is 0 Å². The molecule has 0 spiro atoms. The van der Waals surface area contributed by atoms with Crippen LogP contribution < -0.4 is 0 Å². The zero-order valence-corrected chi connectivity index (χ0v) is 10.5. The maximum absolute atomic E-state index is 11.8. The Morgan fingerprint density at radius 1 is 1.38 bits per heavy atom. The van der Waals surface area contributed by atoms with E-state index >= 15 is 0 Å². The molecule has 0 N–H and O–H groups in total. The fraction of sp³-hybridized carbons (Fsp3) is 0.357. The number of rotatable bonds is 4. The first kappa shape index (κ1) is 11.3. The molecule has 1 atom stereocenters. The summed E-state index contributed by atoms with van der Waals surface area (Å²) in [6.07, 6.45) is 1.63. The third-order valence-corrected chi connectivity index (χ3v) is 4.15. The number of carbonyl (C=O) groups excluding carboxylic acids is 1. The normalized spacial score (nSPS) is 12.9. The number of fused-ring (bicyclic) bond motifs is 1. The molecule has 16 heavy (non-hydrogen) atoms. The maximum atomic E-state index is 11.8. The minimum absolute atomic E-state index is 0.0531. The van der Waals surface area contributed by atoms with Gasteiger partial charge in [-0.25, -0.2) is 0 Å². The van der Waals surface area contributed by atoms with Crippen molar-refractivity contribution in [2.45, 2.75) is 32.6 Å². The lowest BCUT2D eigenvalue weighted by Crippen LogP contribution is -2.06. The third kappa shape index (κ3) is 2.17. The van der Waals surface area contributed by atoms with Crippen LogP contribution in [0.4, 0.5) is 0 Å². The first-order valence-electron chi connectivity index (χ1n) is 5.73. The summed E-state index contributed by atoms with van der Waals surface area (Å²) in [4.78, 5) is 13.0. The van der Waals surface area contributed by atoms with Gasteiger partial charge in [-0.3, -0.25) is 4.79 Å². The van der Waals surface area contributed by atoms with E-state index < -0.39 is 0 Å². The van der Waals surface area contributed by atoms with E-state index in [2.05, 4.69) is 25.1 Å². The SMILES string of the molecule is CCCC(=O)C(C)c1cc2ccccc2s1. The molecule has 0 aliphatic rings. The number of ketones is 1. The minimum Gasteiger partial charge on any atom is -0.299 e. The highest BCUT2D eigenvalue weighted by Gasteiger charge is 2.16. The monoisotopic (exact) mass is 232 g/mol. The highest BCUT2D eigenvalue weighted by molar-refractivity contribution is 7.19. The molecule has 1 heterocycles. The number of hydrogen-bond donors (Lipinski definition) is 0. The van der Waals surface area contributed by atoms with Gasteiger partial charge in [0.2, 0.25) is 0 Å². The number of carbonyl (C=O) groups is 1. The largest absolute Gasteiger partial charge is 0.299 e. The smallest absolute Gasteiger partial charge is 0.140 e. The van der Waals surface area contributed by atoms with Gasteiger partial charge in [-0.1, -0.05) is 32.0 Å². The number of hydrogen-bond acceptors (Lipinski definition) is 2. The summed E-state index contributed by atoms with van der Waals surface area (Å²) in [5, 5.41) is 1.25. The van der Waals surface area contributed by atoms with E-state index in [1.54, 1.807) is 11.3 Å². The second-order valence-corrected chi connectivity index (χ2v) is 5.24. The molecule has 0 aliphatic heterocycles. The van der Waals surface area contributed by atoms with Crippen molar-refractivity contribution in [3.8, 4) is 0 Å².